The minimum atomic E-state index is -0.394. The van der Waals surface area contributed by atoms with Crippen LogP contribution in [0, 0.1) is 0 Å². The second-order valence-corrected chi connectivity index (χ2v) is 6.12. The van der Waals surface area contributed by atoms with Crippen molar-refractivity contribution in [3.63, 3.8) is 0 Å². The molecule has 0 saturated heterocycles. The molecule has 0 N–H and O–H groups in total. The molecular formula is C17H12ClNO2S. The van der Waals surface area contributed by atoms with Gasteiger partial charge in [0.2, 0.25) is 0 Å². The summed E-state index contributed by atoms with van der Waals surface area (Å²) in [5, 5.41) is 1.45. The van der Waals surface area contributed by atoms with Gasteiger partial charge >= 0.3 is 5.97 Å². The molecule has 1 heterocycles. The van der Waals surface area contributed by atoms with E-state index in [1.165, 1.54) is 17.4 Å². The Kier molecular flexibility index (Phi) is 4.51. The largest absolute Gasteiger partial charge is 0.455 e. The molecule has 0 fully saturated rings. The van der Waals surface area contributed by atoms with E-state index < -0.39 is 5.97 Å². The molecule has 110 valence electrons. The number of aromatic nitrogens is 1. The fourth-order valence-electron chi connectivity index (χ4n) is 1.90. The Morgan fingerprint density at radius 1 is 1.18 bits per heavy atom. The number of esters is 1. The van der Waals surface area contributed by atoms with E-state index in [9.17, 15) is 4.79 Å². The van der Waals surface area contributed by atoms with Crippen LogP contribution in [0.5, 0.6) is 0 Å². The topological polar surface area (TPSA) is 39.2 Å². The lowest BCUT2D eigenvalue weighted by Gasteiger charge is -1.98. The van der Waals surface area contributed by atoms with E-state index in [1.54, 1.807) is 18.2 Å². The van der Waals surface area contributed by atoms with Crippen LogP contribution in [-0.2, 0) is 16.1 Å². The standard InChI is InChI=1S/C17H12ClNO2S/c18-13-8-5-12(6-9-13)7-10-17(20)21-11-16-19-14-3-1-2-4-15(14)22-16/h1-10H,11H2/b10-7+. The van der Waals surface area contributed by atoms with Crippen LogP contribution in [-0.4, -0.2) is 11.0 Å². The first-order valence-electron chi connectivity index (χ1n) is 6.65. The van der Waals surface area contributed by atoms with E-state index >= 15 is 0 Å². The monoisotopic (exact) mass is 329 g/mol. The summed E-state index contributed by atoms with van der Waals surface area (Å²) < 4.78 is 6.29. The first-order valence-corrected chi connectivity index (χ1v) is 7.85. The van der Waals surface area contributed by atoms with Gasteiger partial charge in [0.05, 0.1) is 10.2 Å². The van der Waals surface area contributed by atoms with Gasteiger partial charge in [-0.15, -0.1) is 11.3 Å². The number of hydrogen-bond acceptors (Lipinski definition) is 4. The molecule has 2 aromatic carbocycles. The van der Waals surface area contributed by atoms with Crippen LogP contribution in [0.3, 0.4) is 0 Å². The van der Waals surface area contributed by atoms with Crippen molar-refractivity contribution in [3.05, 3.63) is 70.2 Å². The smallest absolute Gasteiger partial charge is 0.331 e. The fourth-order valence-corrected chi connectivity index (χ4v) is 2.91. The summed E-state index contributed by atoms with van der Waals surface area (Å²) in [6.45, 7) is 0.184. The van der Waals surface area contributed by atoms with Crippen molar-refractivity contribution >= 4 is 45.2 Å². The molecule has 0 saturated carbocycles. The van der Waals surface area contributed by atoms with E-state index in [4.69, 9.17) is 16.3 Å². The van der Waals surface area contributed by atoms with Gasteiger partial charge in [0, 0.05) is 11.1 Å². The predicted octanol–water partition coefficient (Wildman–Crippen LogP) is 4.71. The minimum Gasteiger partial charge on any atom is -0.455 e. The zero-order valence-electron chi connectivity index (χ0n) is 11.5. The first-order chi connectivity index (χ1) is 10.7. The fraction of sp³-hybridized carbons (Fsp3) is 0.0588. The number of thiazole rings is 1. The van der Waals surface area contributed by atoms with Crippen molar-refractivity contribution in [2.45, 2.75) is 6.61 Å². The molecule has 3 rings (SSSR count). The SMILES string of the molecule is O=C(/C=C/c1ccc(Cl)cc1)OCc1nc2ccccc2s1. The lowest BCUT2D eigenvalue weighted by atomic mass is 10.2. The van der Waals surface area contributed by atoms with Crippen LogP contribution >= 0.6 is 22.9 Å². The molecule has 0 aliphatic heterocycles. The van der Waals surface area contributed by atoms with Crippen molar-refractivity contribution in [2.24, 2.45) is 0 Å². The number of nitrogens with zero attached hydrogens (tertiary/aromatic N) is 1. The van der Waals surface area contributed by atoms with Crippen LogP contribution in [0.1, 0.15) is 10.6 Å². The van der Waals surface area contributed by atoms with E-state index in [0.717, 1.165) is 20.8 Å². The summed E-state index contributed by atoms with van der Waals surface area (Å²) >= 11 is 7.33. The van der Waals surface area contributed by atoms with E-state index in [2.05, 4.69) is 4.98 Å². The Balaban J connectivity index is 1.58. The Morgan fingerprint density at radius 3 is 2.73 bits per heavy atom. The number of halogens is 1. The van der Waals surface area contributed by atoms with Gasteiger partial charge in [-0.05, 0) is 35.9 Å². The first kappa shape index (κ1) is 14.8. The maximum absolute atomic E-state index is 11.7. The Labute approximate surface area is 136 Å². The van der Waals surface area contributed by atoms with Gasteiger partial charge in [-0.25, -0.2) is 9.78 Å². The predicted molar refractivity (Wildman–Crippen MR) is 89.9 cm³/mol. The lowest BCUT2D eigenvalue weighted by molar-refractivity contribution is -0.138. The second-order valence-electron chi connectivity index (χ2n) is 4.57. The number of fused-ring (bicyclic) bond motifs is 1. The average Bonchev–Trinajstić information content (AvgIpc) is 2.95. The normalized spacial score (nSPS) is 11.1. The molecule has 0 bridgehead atoms. The van der Waals surface area contributed by atoms with Crippen LogP contribution in [0.4, 0.5) is 0 Å². The summed E-state index contributed by atoms with van der Waals surface area (Å²) in [7, 11) is 0. The number of hydrogen-bond donors (Lipinski definition) is 0. The molecule has 3 aromatic rings. The molecule has 0 spiro atoms. The quantitative estimate of drug-likeness (QED) is 0.514. The van der Waals surface area contributed by atoms with Gasteiger partial charge in [-0.1, -0.05) is 35.9 Å². The van der Waals surface area contributed by atoms with Gasteiger partial charge in [-0.2, -0.15) is 0 Å². The maximum Gasteiger partial charge on any atom is 0.331 e. The molecule has 0 unspecified atom stereocenters. The molecule has 5 heteroatoms. The highest BCUT2D eigenvalue weighted by Gasteiger charge is 2.05. The number of benzene rings is 2. The minimum absolute atomic E-state index is 0.184. The second kappa shape index (κ2) is 6.73. The van der Waals surface area contributed by atoms with Crippen molar-refractivity contribution in [3.8, 4) is 0 Å². The van der Waals surface area contributed by atoms with Crippen molar-refractivity contribution in [2.75, 3.05) is 0 Å². The molecule has 0 radical (unpaired) electrons. The Morgan fingerprint density at radius 2 is 1.95 bits per heavy atom. The van der Waals surface area contributed by atoms with Crippen molar-refractivity contribution < 1.29 is 9.53 Å². The summed E-state index contributed by atoms with van der Waals surface area (Å²) in [5.74, 6) is -0.394. The third-order valence-electron chi connectivity index (χ3n) is 2.96. The molecule has 3 nitrogen and oxygen atoms in total. The molecule has 0 atom stereocenters. The van der Waals surface area contributed by atoms with Gasteiger partial charge in [0.1, 0.15) is 11.6 Å². The highest BCUT2D eigenvalue weighted by atomic mass is 35.5. The number of carbonyl (C=O) groups excluding carboxylic acids is 1. The van der Waals surface area contributed by atoms with Gasteiger partial charge in [0.15, 0.2) is 0 Å². The van der Waals surface area contributed by atoms with Crippen LogP contribution in [0.2, 0.25) is 5.02 Å². The number of para-hydroxylation sites is 1. The van der Waals surface area contributed by atoms with Gasteiger partial charge in [-0.3, -0.25) is 0 Å². The number of rotatable bonds is 4. The summed E-state index contributed by atoms with van der Waals surface area (Å²) in [5.41, 5.74) is 1.82. The lowest BCUT2D eigenvalue weighted by Crippen LogP contribution is -2.00. The van der Waals surface area contributed by atoms with Crippen LogP contribution < -0.4 is 0 Å². The van der Waals surface area contributed by atoms with Gasteiger partial charge < -0.3 is 4.74 Å². The third kappa shape index (κ3) is 3.72. The molecule has 1 aromatic heterocycles. The summed E-state index contributed by atoms with van der Waals surface area (Å²) in [4.78, 5) is 16.1. The van der Waals surface area contributed by atoms with Crippen molar-refractivity contribution in [1.82, 2.24) is 4.98 Å². The number of carbonyl (C=O) groups is 1. The molecule has 22 heavy (non-hydrogen) atoms. The van der Waals surface area contributed by atoms with E-state index in [0.29, 0.717) is 5.02 Å². The maximum atomic E-state index is 11.7. The zero-order valence-corrected chi connectivity index (χ0v) is 13.1. The Bertz CT molecular complexity index is 791. The van der Waals surface area contributed by atoms with Crippen LogP contribution in [0.25, 0.3) is 16.3 Å². The van der Waals surface area contributed by atoms with Crippen LogP contribution in [0.15, 0.2) is 54.6 Å². The third-order valence-corrected chi connectivity index (χ3v) is 4.22. The van der Waals surface area contributed by atoms with E-state index in [1.807, 2.05) is 36.4 Å². The van der Waals surface area contributed by atoms with E-state index in [-0.39, 0.29) is 6.61 Å². The molecule has 0 aliphatic rings. The average molecular weight is 330 g/mol. The van der Waals surface area contributed by atoms with Gasteiger partial charge in [0.25, 0.3) is 0 Å². The highest BCUT2D eigenvalue weighted by molar-refractivity contribution is 7.18. The highest BCUT2D eigenvalue weighted by Crippen LogP contribution is 2.22. The zero-order chi connectivity index (χ0) is 15.4. The molecule has 0 aliphatic carbocycles. The van der Waals surface area contributed by atoms with Crippen molar-refractivity contribution in [1.29, 1.82) is 0 Å². The molecule has 0 amide bonds. The Hall–Kier alpha value is -2.17. The summed E-state index contributed by atoms with van der Waals surface area (Å²) in [6.07, 6.45) is 3.09. The molecular weight excluding hydrogens is 318 g/mol. The number of ether oxygens (including phenoxy) is 1. The summed E-state index contributed by atoms with van der Waals surface area (Å²) in [6, 6.07) is 15.1.